The Morgan fingerprint density at radius 1 is 0.582 bits per heavy atom. The van der Waals surface area contributed by atoms with Gasteiger partial charge in [-0.2, -0.15) is 0 Å². The van der Waals surface area contributed by atoms with Crippen molar-refractivity contribution in [3.63, 3.8) is 0 Å². The van der Waals surface area contributed by atoms with Gasteiger partial charge in [0.25, 0.3) is 0 Å². The smallest absolute Gasteiger partial charge is 0.463 e. The summed E-state index contributed by atoms with van der Waals surface area (Å²) in [6, 6.07) is 0. The van der Waals surface area contributed by atoms with Gasteiger partial charge < -0.3 is 20.1 Å². The molecule has 0 saturated carbocycles. The summed E-state index contributed by atoms with van der Waals surface area (Å²) in [4.78, 5) is 33.9. The number of rotatable bonds is 40. The first-order valence-electron chi connectivity index (χ1n) is 21.8. The molecule has 0 bridgehead atoms. The maximum Gasteiger partial charge on any atom is 0.472 e. The monoisotopic (exact) mass is 794 g/mol. The van der Waals surface area contributed by atoms with Gasteiger partial charge in [0, 0.05) is 19.4 Å². The zero-order valence-electron chi connectivity index (χ0n) is 34.9. The minimum Gasteiger partial charge on any atom is -0.463 e. The molecule has 3 N–H and O–H groups in total. The fourth-order valence-electron chi connectivity index (χ4n) is 5.66. The molecule has 0 aliphatic rings. The Hall–Kier alpha value is -2.29. The SMILES string of the molecule is CC/C=C\C/C=C\C/C=C\C/C=C\CCCCC(=O)NCCOP(=O)(O)OCC(O)COC(=O)CCCCCCCCCCC/C=C/CCCCCCCC. The van der Waals surface area contributed by atoms with Gasteiger partial charge in [0.15, 0.2) is 0 Å². The Labute approximate surface area is 336 Å². The highest BCUT2D eigenvalue weighted by Gasteiger charge is 2.23. The fourth-order valence-corrected chi connectivity index (χ4v) is 6.42. The maximum atomic E-state index is 12.1. The molecule has 0 aliphatic heterocycles. The first-order chi connectivity index (χ1) is 26.8. The Morgan fingerprint density at radius 2 is 1.04 bits per heavy atom. The number of aliphatic hydroxyl groups excluding tert-OH is 1. The number of phosphoric acid groups is 1. The summed E-state index contributed by atoms with van der Waals surface area (Å²) in [7, 11) is -4.43. The highest BCUT2D eigenvalue weighted by atomic mass is 31.2. The van der Waals surface area contributed by atoms with Gasteiger partial charge in [0.2, 0.25) is 5.91 Å². The zero-order valence-corrected chi connectivity index (χ0v) is 35.7. The number of carbonyl (C=O) groups excluding carboxylic acids is 2. The van der Waals surface area contributed by atoms with E-state index in [-0.39, 0.29) is 32.1 Å². The van der Waals surface area contributed by atoms with E-state index < -0.39 is 26.5 Å². The van der Waals surface area contributed by atoms with Gasteiger partial charge in [-0.1, -0.05) is 152 Å². The molecule has 0 heterocycles. The molecule has 10 heteroatoms. The molecule has 0 spiro atoms. The molecule has 0 fully saturated rings. The van der Waals surface area contributed by atoms with Crippen LogP contribution in [0.15, 0.2) is 60.8 Å². The van der Waals surface area contributed by atoms with Gasteiger partial charge in [-0.3, -0.25) is 18.6 Å². The molecule has 318 valence electrons. The van der Waals surface area contributed by atoms with Crippen LogP contribution >= 0.6 is 7.82 Å². The minimum absolute atomic E-state index is 0.0568. The van der Waals surface area contributed by atoms with Crippen LogP contribution in [-0.4, -0.2) is 54.3 Å². The topological polar surface area (TPSA) is 131 Å². The van der Waals surface area contributed by atoms with Crippen LogP contribution in [0, 0.1) is 0 Å². The standard InChI is InChI=1S/C45H80NO8P/c1-3-5-7-9-11-13-15-17-19-20-21-22-24-26-28-30-32-34-36-38-45(49)52-41-43(47)42-54-55(50,51)53-40-39-46-44(48)37-35-33-31-29-27-25-23-18-16-14-12-10-8-6-4-2/h6,8,12,14,17-19,23,27,29,43,47H,3-5,7,9-11,13,15-16,20-22,24-26,28,30-42H2,1-2H3,(H,46,48)(H,50,51)/b8-6-,14-12-,19-17+,23-18-,29-27-. The van der Waals surface area contributed by atoms with Crippen LogP contribution in [0.5, 0.6) is 0 Å². The van der Waals surface area contributed by atoms with E-state index in [4.69, 9.17) is 13.8 Å². The van der Waals surface area contributed by atoms with Crippen molar-refractivity contribution in [1.29, 1.82) is 0 Å². The summed E-state index contributed by atoms with van der Waals surface area (Å²) in [5, 5.41) is 12.7. The molecule has 0 rings (SSSR count). The van der Waals surface area contributed by atoms with Gasteiger partial charge >= 0.3 is 13.8 Å². The van der Waals surface area contributed by atoms with Gasteiger partial charge in [-0.15, -0.1) is 0 Å². The lowest BCUT2D eigenvalue weighted by Crippen LogP contribution is -2.27. The highest BCUT2D eigenvalue weighted by molar-refractivity contribution is 7.47. The predicted molar refractivity (Wildman–Crippen MR) is 229 cm³/mol. The van der Waals surface area contributed by atoms with E-state index >= 15 is 0 Å². The van der Waals surface area contributed by atoms with Gasteiger partial charge in [0.05, 0.1) is 13.2 Å². The van der Waals surface area contributed by atoms with E-state index in [2.05, 4.69) is 79.9 Å². The molecule has 55 heavy (non-hydrogen) atoms. The fraction of sp³-hybridized carbons (Fsp3) is 0.733. The second kappa shape index (κ2) is 41.3. The number of unbranched alkanes of at least 4 members (excludes halogenated alkanes) is 17. The molecule has 0 saturated heterocycles. The lowest BCUT2D eigenvalue weighted by Gasteiger charge is -2.15. The van der Waals surface area contributed by atoms with E-state index in [1.54, 1.807) is 0 Å². The van der Waals surface area contributed by atoms with Crippen molar-refractivity contribution in [2.75, 3.05) is 26.4 Å². The quantitative estimate of drug-likeness (QED) is 0.0242. The van der Waals surface area contributed by atoms with Crippen LogP contribution < -0.4 is 5.32 Å². The molecular weight excluding hydrogens is 713 g/mol. The third-order valence-corrected chi connectivity index (χ3v) is 9.92. The first-order valence-corrected chi connectivity index (χ1v) is 23.3. The van der Waals surface area contributed by atoms with Crippen LogP contribution in [0.1, 0.15) is 181 Å². The number of allylic oxidation sites excluding steroid dienone is 10. The molecule has 0 radical (unpaired) electrons. The molecule has 0 aromatic rings. The lowest BCUT2D eigenvalue weighted by molar-refractivity contribution is -0.147. The van der Waals surface area contributed by atoms with Gasteiger partial charge in [-0.25, -0.2) is 4.57 Å². The van der Waals surface area contributed by atoms with Crippen LogP contribution in [0.4, 0.5) is 0 Å². The minimum atomic E-state index is -4.43. The maximum absolute atomic E-state index is 12.1. The Bertz CT molecular complexity index is 1090. The molecule has 0 aromatic carbocycles. The lowest BCUT2D eigenvalue weighted by atomic mass is 10.1. The Morgan fingerprint density at radius 3 is 1.60 bits per heavy atom. The van der Waals surface area contributed by atoms with Crippen molar-refractivity contribution >= 4 is 19.7 Å². The Kier molecular flexibility index (Phi) is 39.6. The molecule has 2 atom stereocenters. The average Bonchev–Trinajstić information content (AvgIpc) is 3.17. The summed E-state index contributed by atoms with van der Waals surface area (Å²) in [6.45, 7) is 3.38. The third kappa shape index (κ3) is 42.7. The summed E-state index contributed by atoms with van der Waals surface area (Å²) >= 11 is 0. The number of hydrogen-bond donors (Lipinski definition) is 3. The van der Waals surface area contributed by atoms with Crippen LogP contribution in [-0.2, 0) is 27.9 Å². The summed E-state index contributed by atoms with van der Waals surface area (Å²) < 4.78 is 26.8. The van der Waals surface area contributed by atoms with Crippen molar-refractivity contribution in [3.8, 4) is 0 Å². The van der Waals surface area contributed by atoms with Crippen molar-refractivity contribution in [3.05, 3.63) is 60.8 Å². The third-order valence-electron chi connectivity index (χ3n) is 8.93. The summed E-state index contributed by atoms with van der Waals surface area (Å²) in [5.41, 5.74) is 0. The van der Waals surface area contributed by atoms with E-state index in [0.717, 1.165) is 64.2 Å². The van der Waals surface area contributed by atoms with Crippen LogP contribution in [0.2, 0.25) is 0 Å². The molecule has 0 aliphatic carbocycles. The molecule has 0 aromatic heterocycles. The number of esters is 1. The molecule has 1 amide bonds. The van der Waals surface area contributed by atoms with Crippen molar-refractivity contribution < 1.29 is 37.9 Å². The van der Waals surface area contributed by atoms with Crippen LogP contribution in [0.3, 0.4) is 0 Å². The van der Waals surface area contributed by atoms with Crippen molar-refractivity contribution in [2.45, 2.75) is 187 Å². The highest BCUT2D eigenvalue weighted by Crippen LogP contribution is 2.42. The largest absolute Gasteiger partial charge is 0.472 e. The average molecular weight is 794 g/mol. The zero-order chi connectivity index (χ0) is 40.3. The molecule has 9 nitrogen and oxygen atoms in total. The van der Waals surface area contributed by atoms with E-state index in [1.165, 1.54) is 89.9 Å². The Balaban J connectivity index is 3.65. The number of hydrogen-bond acceptors (Lipinski definition) is 7. The van der Waals surface area contributed by atoms with Gasteiger partial charge in [-0.05, 0) is 77.0 Å². The van der Waals surface area contributed by atoms with E-state index in [1.807, 2.05) is 0 Å². The molecule has 2 unspecified atom stereocenters. The van der Waals surface area contributed by atoms with E-state index in [9.17, 15) is 24.2 Å². The number of phosphoric ester groups is 1. The second-order valence-electron chi connectivity index (χ2n) is 14.3. The number of carbonyl (C=O) groups is 2. The summed E-state index contributed by atoms with van der Waals surface area (Å²) in [5.74, 6) is -0.563. The van der Waals surface area contributed by atoms with Crippen molar-refractivity contribution in [2.24, 2.45) is 0 Å². The normalized spacial score (nSPS) is 13.9. The first kappa shape index (κ1) is 52.7. The number of aliphatic hydroxyl groups is 1. The second-order valence-corrected chi connectivity index (χ2v) is 15.7. The van der Waals surface area contributed by atoms with Gasteiger partial charge in [0.1, 0.15) is 12.7 Å². The summed E-state index contributed by atoms with van der Waals surface area (Å²) in [6.07, 6.45) is 48.7. The molecular formula is C45H80NO8P. The predicted octanol–water partition coefficient (Wildman–Crippen LogP) is 12.1. The van der Waals surface area contributed by atoms with Crippen LogP contribution in [0.25, 0.3) is 0 Å². The number of nitrogens with one attached hydrogen (secondary N) is 1. The van der Waals surface area contributed by atoms with E-state index in [0.29, 0.717) is 6.42 Å². The van der Waals surface area contributed by atoms with Crippen molar-refractivity contribution in [1.82, 2.24) is 5.32 Å². The number of ether oxygens (including phenoxy) is 1. The number of amides is 1.